The van der Waals surface area contributed by atoms with E-state index >= 15 is 0 Å². The summed E-state index contributed by atoms with van der Waals surface area (Å²) in [5, 5.41) is 16.0. The van der Waals surface area contributed by atoms with Crippen molar-refractivity contribution in [1.82, 2.24) is 19.7 Å². The highest BCUT2D eigenvalue weighted by molar-refractivity contribution is 6.33. The fourth-order valence-corrected chi connectivity index (χ4v) is 4.34. The average molecular weight is 417 g/mol. The second-order valence-electron chi connectivity index (χ2n) is 7.71. The number of hydrogen-bond donors (Lipinski definition) is 2. The van der Waals surface area contributed by atoms with E-state index in [4.69, 9.17) is 16.3 Å². The minimum atomic E-state index is -0.439. The molecule has 1 saturated heterocycles. The molecule has 29 heavy (non-hydrogen) atoms. The maximum absolute atomic E-state index is 12.9. The van der Waals surface area contributed by atoms with Crippen molar-refractivity contribution in [1.29, 1.82) is 0 Å². The largest absolute Gasteiger partial charge is 0.503 e. The number of hydrogen-bond acceptors (Lipinski definition) is 5. The normalized spacial score (nSPS) is 20.4. The van der Waals surface area contributed by atoms with Crippen molar-refractivity contribution in [2.45, 2.75) is 39.5 Å². The first kappa shape index (κ1) is 19.9. The molecule has 3 heterocycles. The molecule has 0 bridgehead atoms. The lowest BCUT2D eigenvalue weighted by Crippen LogP contribution is -2.46. The molecule has 2 atom stereocenters. The van der Waals surface area contributed by atoms with E-state index in [2.05, 4.69) is 28.8 Å². The Balaban J connectivity index is 1.72. The van der Waals surface area contributed by atoms with E-state index in [9.17, 15) is 9.90 Å². The van der Waals surface area contributed by atoms with Crippen LogP contribution >= 0.6 is 11.6 Å². The quantitative estimate of drug-likeness (QED) is 0.682. The number of aromatic amines is 1. The highest BCUT2D eigenvalue weighted by atomic mass is 35.5. The Bertz CT molecular complexity index is 1100. The molecular formula is C21H25ClN4O3. The molecule has 2 aromatic heterocycles. The molecule has 1 aliphatic heterocycles. The molecule has 0 unspecified atom stereocenters. The zero-order chi connectivity index (χ0) is 20.7. The molecule has 7 nitrogen and oxygen atoms in total. The first-order valence-electron chi connectivity index (χ1n) is 9.80. The zero-order valence-electron chi connectivity index (χ0n) is 16.8. The van der Waals surface area contributed by atoms with Gasteiger partial charge in [-0.2, -0.15) is 5.10 Å². The topological polar surface area (TPSA) is 83.4 Å². The lowest BCUT2D eigenvalue weighted by atomic mass is 10.1. The van der Waals surface area contributed by atoms with Crippen LogP contribution in [0.4, 0.5) is 0 Å². The van der Waals surface area contributed by atoms with E-state index in [0.717, 1.165) is 19.6 Å². The number of ether oxygens (including phenoxy) is 1. The molecule has 0 saturated carbocycles. The molecule has 0 aliphatic carbocycles. The molecule has 0 radical (unpaired) electrons. The van der Waals surface area contributed by atoms with Gasteiger partial charge in [0.2, 0.25) is 5.43 Å². The molecule has 0 spiro atoms. The van der Waals surface area contributed by atoms with Gasteiger partial charge in [0.05, 0.1) is 40.5 Å². The number of benzene rings is 1. The number of morpholine rings is 1. The Hall–Kier alpha value is -2.35. The van der Waals surface area contributed by atoms with E-state index in [0.29, 0.717) is 39.6 Å². The van der Waals surface area contributed by atoms with Crippen molar-refractivity contribution in [3.63, 3.8) is 0 Å². The molecular weight excluding hydrogens is 392 g/mol. The van der Waals surface area contributed by atoms with E-state index in [1.165, 1.54) is 0 Å². The van der Waals surface area contributed by atoms with E-state index in [-0.39, 0.29) is 18.0 Å². The van der Waals surface area contributed by atoms with Crippen LogP contribution in [0.25, 0.3) is 22.3 Å². The monoisotopic (exact) mass is 416 g/mol. The Morgan fingerprint density at radius 2 is 1.93 bits per heavy atom. The van der Waals surface area contributed by atoms with Gasteiger partial charge in [0.15, 0.2) is 5.75 Å². The third kappa shape index (κ3) is 3.77. The van der Waals surface area contributed by atoms with Crippen LogP contribution in [0.15, 0.2) is 29.1 Å². The van der Waals surface area contributed by atoms with Gasteiger partial charge in [-0.05, 0) is 26.8 Å². The maximum Gasteiger partial charge on any atom is 0.235 e. The van der Waals surface area contributed by atoms with Crippen molar-refractivity contribution < 1.29 is 9.84 Å². The minimum absolute atomic E-state index is 0.193. The van der Waals surface area contributed by atoms with Gasteiger partial charge in [-0.25, -0.2) is 4.68 Å². The molecule has 1 fully saturated rings. The number of pyridine rings is 1. The highest BCUT2D eigenvalue weighted by Gasteiger charge is 2.23. The van der Waals surface area contributed by atoms with Crippen molar-refractivity contribution in [3.8, 4) is 17.0 Å². The van der Waals surface area contributed by atoms with Crippen LogP contribution in [0.5, 0.6) is 5.75 Å². The molecule has 1 aliphatic rings. The Kier molecular flexibility index (Phi) is 5.38. The number of fused-ring (bicyclic) bond motifs is 1. The van der Waals surface area contributed by atoms with Gasteiger partial charge < -0.3 is 14.8 Å². The van der Waals surface area contributed by atoms with Crippen LogP contribution in [0.3, 0.4) is 0 Å². The molecule has 8 heteroatoms. The van der Waals surface area contributed by atoms with Gasteiger partial charge in [0, 0.05) is 25.2 Å². The number of aromatic nitrogens is 3. The van der Waals surface area contributed by atoms with Gasteiger partial charge in [-0.15, -0.1) is 0 Å². The molecule has 3 aromatic rings. The number of rotatable bonds is 4. The predicted octanol–water partition coefficient (Wildman–Crippen LogP) is 3.17. The Morgan fingerprint density at radius 1 is 1.24 bits per heavy atom. The van der Waals surface area contributed by atoms with Crippen LogP contribution in [-0.2, 0) is 11.3 Å². The van der Waals surface area contributed by atoms with Crippen LogP contribution < -0.4 is 5.43 Å². The highest BCUT2D eigenvalue weighted by Crippen LogP contribution is 2.32. The molecule has 1 aromatic carbocycles. The minimum Gasteiger partial charge on any atom is -0.503 e. The SMILES string of the molecule is Cc1nn(CCN2C[C@@H](C)O[C@@H](C)C2)c2[nH]c(-c3ccccc3Cl)c(O)c(=O)c12. The predicted molar refractivity (Wildman–Crippen MR) is 114 cm³/mol. The number of nitrogens with one attached hydrogen (secondary N) is 1. The first-order valence-corrected chi connectivity index (χ1v) is 10.2. The summed E-state index contributed by atoms with van der Waals surface area (Å²) < 4.78 is 7.60. The second-order valence-corrected chi connectivity index (χ2v) is 8.11. The maximum atomic E-state index is 12.9. The van der Waals surface area contributed by atoms with Crippen LogP contribution in [0.2, 0.25) is 5.02 Å². The lowest BCUT2D eigenvalue weighted by molar-refractivity contribution is -0.0686. The van der Waals surface area contributed by atoms with Gasteiger partial charge >= 0.3 is 0 Å². The Labute approximate surface area is 173 Å². The van der Waals surface area contributed by atoms with E-state index in [1.807, 2.05) is 6.07 Å². The molecule has 154 valence electrons. The third-order valence-electron chi connectivity index (χ3n) is 5.32. The fraction of sp³-hybridized carbons (Fsp3) is 0.429. The fourth-order valence-electron chi connectivity index (χ4n) is 4.11. The number of aromatic hydroxyl groups is 1. The summed E-state index contributed by atoms with van der Waals surface area (Å²) in [7, 11) is 0. The van der Waals surface area contributed by atoms with Gasteiger partial charge in [0.25, 0.3) is 0 Å². The number of halogens is 1. The lowest BCUT2D eigenvalue weighted by Gasteiger charge is -2.35. The summed E-state index contributed by atoms with van der Waals surface area (Å²) in [4.78, 5) is 18.4. The van der Waals surface area contributed by atoms with E-state index < -0.39 is 5.43 Å². The average Bonchev–Trinajstić information content (AvgIpc) is 2.98. The summed E-state index contributed by atoms with van der Waals surface area (Å²) >= 11 is 6.30. The molecule has 0 amide bonds. The Morgan fingerprint density at radius 3 is 2.62 bits per heavy atom. The number of aryl methyl sites for hydroxylation is 1. The molecule has 2 N–H and O–H groups in total. The van der Waals surface area contributed by atoms with Crippen LogP contribution in [0, 0.1) is 6.92 Å². The van der Waals surface area contributed by atoms with Crippen LogP contribution in [-0.4, -0.2) is 56.6 Å². The second kappa shape index (κ2) is 7.82. The number of nitrogens with zero attached hydrogens (tertiary/aromatic N) is 3. The summed E-state index contributed by atoms with van der Waals surface area (Å²) in [6.45, 7) is 9.07. The summed E-state index contributed by atoms with van der Waals surface area (Å²) in [6.07, 6.45) is 0.386. The smallest absolute Gasteiger partial charge is 0.235 e. The zero-order valence-corrected chi connectivity index (χ0v) is 17.5. The molecule has 4 rings (SSSR count). The van der Waals surface area contributed by atoms with Gasteiger partial charge in [-0.1, -0.05) is 29.8 Å². The summed E-state index contributed by atoms with van der Waals surface area (Å²) in [5.74, 6) is -0.343. The van der Waals surface area contributed by atoms with E-state index in [1.54, 1.807) is 29.8 Å². The summed E-state index contributed by atoms with van der Waals surface area (Å²) in [5.41, 5.74) is 1.63. The standard InChI is InChI=1S/C21H25ClN4O3/c1-12-10-25(11-13(2)29-12)8-9-26-21-17(14(3)24-26)19(27)20(28)18(23-21)15-6-4-5-7-16(15)22/h4-7,12-13,28H,8-11H2,1-3H3,(H,23,27)/t12-,13+. The summed E-state index contributed by atoms with van der Waals surface area (Å²) in [6, 6.07) is 7.11. The third-order valence-corrected chi connectivity index (χ3v) is 5.65. The van der Waals surface area contributed by atoms with Crippen molar-refractivity contribution >= 4 is 22.6 Å². The number of H-pyrrole nitrogens is 1. The first-order chi connectivity index (χ1) is 13.8. The van der Waals surface area contributed by atoms with Gasteiger partial charge in [0.1, 0.15) is 5.65 Å². The van der Waals surface area contributed by atoms with Crippen molar-refractivity contribution in [3.05, 3.63) is 45.2 Å². The van der Waals surface area contributed by atoms with Gasteiger partial charge in [-0.3, -0.25) is 9.69 Å². The van der Waals surface area contributed by atoms with Crippen molar-refractivity contribution in [2.24, 2.45) is 0 Å². The van der Waals surface area contributed by atoms with Crippen molar-refractivity contribution in [2.75, 3.05) is 19.6 Å². The van der Waals surface area contributed by atoms with Crippen LogP contribution in [0.1, 0.15) is 19.5 Å².